The molecule has 9 aromatic rings. The first-order valence-electron chi connectivity index (χ1n) is 37.3. The van der Waals surface area contributed by atoms with Gasteiger partial charge in [0, 0.05) is 84.7 Å². The van der Waals surface area contributed by atoms with Gasteiger partial charge in [-0.25, -0.2) is 60.6 Å². The molecule has 3 amide bonds. The van der Waals surface area contributed by atoms with Gasteiger partial charge in [-0.3, -0.25) is 14.4 Å². The minimum absolute atomic E-state index is 0.0193. The van der Waals surface area contributed by atoms with E-state index in [2.05, 4.69) is 97.7 Å². The lowest BCUT2D eigenvalue weighted by molar-refractivity contribution is -0.137. The number of pyridine rings is 6. The predicted octanol–water partition coefficient (Wildman–Crippen LogP) is 11.9. The third-order valence-electron chi connectivity index (χ3n) is 20.4. The van der Waals surface area contributed by atoms with Gasteiger partial charge in [-0.2, -0.15) is 26.6 Å². The topological polar surface area (TPSA) is 374 Å². The zero-order valence-corrected chi connectivity index (χ0v) is 67.3. The maximum Gasteiger partial charge on any atom is 0.416 e. The summed E-state index contributed by atoms with van der Waals surface area (Å²) in [5, 5.41) is 4.22. The number of nitrogens with two attached hydrogens (primary N) is 2. The Morgan fingerprint density at radius 1 is 0.579 bits per heavy atom. The van der Waals surface area contributed by atoms with Crippen LogP contribution in [-0.2, 0) is 42.7 Å². The standard InChI is InChI=1S/C28H32N4O5S.C27H35N7O4S.C25H26F3N5O3S/c1-19-15-28(2,3)32(16-19)26-22(9-7-13-29-26)27(33)31-38(34,35)25-12-6-11-24(30-25)37-18-20-14-21-8-4-5-10-23(21)36-17-20;1-18-15-27(11-6-12-27)33(16-18)24-19(25(35)32-39(36,37)20-7-5-13-29-23(20)28)8-9-21(30-24)34-14-10-22(31-34)38-17-26(2,3)4;1-15-13-24(2,3)33(14-15)22-18(23(34)32-37(35,36)20-8-5-11-30-21(20)29)9-10-19(31-22)16-6-4-7-17(12-16)25(26,27)28/h4-13,19-20H,14-18H2,1-3H3,(H,31,33);5,7-10,13-14,18H,6,11-12,15-17H2,1-4H3,(H2,28,29)(H,32,35);4-12,15H,13-14H2,1-3H3,(H2,29,30)(H,32,34)/t;;15-/m..0/s1. The summed E-state index contributed by atoms with van der Waals surface area (Å²) in [5.41, 5.74) is 11.7. The van der Waals surface area contributed by atoms with E-state index in [1.54, 1.807) is 53.5 Å². The van der Waals surface area contributed by atoms with Gasteiger partial charge in [0.05, 0.1) is 47.8 Å². The molecule has 28 nitrogen and oxygen atoms in total. The number of nitrogens with one attached hydrogen (secondary N) is 3. The molecular formula is C80H93F3N16O12S3. The number of rotatable bonds is 19. The van der Waals surface area contributed by atoms with Crippen molar-refractivity contribution in [3.05, 3.63) is 186 Å². The van der Waals surface area contributed by atoms with Crippen LogP contribution in [0.2, 0.25) is 0 Å². The zero-order valence-electron chi connectivity index (χ0n) is 64.8. The number of nitrogen functional groups attached to an aromatic ring is 2. The van der Waals surface area contributed by atoms with Crippen LogP contribution in [0.4, 0.5) is 42.3 Å². The number of hydrogen-bond acceptors (Lipinski definition) is 24. The molecule has 5 aliphatic rings. The van der Waals surface area contributed by atoms with Crippen molar-refractivity contribution < 1.29 is 67.0 Å². The van der Waals surface area contributed by atoms with E-state index in [0.29, 0.717) is 61.5 Å². The van der Waals surface area contributed by atoms with Crippen LogP contribution in [0.3, 0.4) is 0 Å². The Labute approximate surface area is 661 Å². The number of benzene rings is 2. The first kappa shape index (κ1) is 82.5. The van der Waals surface area contributed by atoms with Crippen LogP contribution in [0.1, 0.15) is 150 Å². The Bertz CT molecular complexity index is 5450. The number of sulfonamides is 3. The molecule has 604 valence electrons. The van der Waals surface area contributed by atoms with Gasteiger partial charge in [0.25, 0.3) is 47.8 Å². The number of carbonyl (C=O) groups is 3. The summed E-state index contributed by atoms with van der Waals surface area (Å²) in [4.78, 5) is 71.1. The van der Waals surface area contributed by atoms with E-state index in [9.17, 15) is 52.8 Å². The van der Waals surface area contributed by atoms with Crippen molar-refractivity contribution in [2.75, 3.05) is 65.6 Å². The van der Waals surface area contributed by atoms with E-state index in [1.807, 2.05) is 54.7 Å². The van der Waals surface area contributed by atoms with Crippen molar-refractivity contribution >= 4 is 76.9 Å². The van der Waals surface area contributed by atoms with E-state index in [4.69, 9.17) is 30.7 Å². The summed E-state index contributed by atoms with van der Waals surface area (Å²) in [6.07, 6.45) is 8.15. The molecule has 0 radical (unpaired) electrons. The molecule has 34 heteroatoms. The molecule has 7 aromatic heterocycles. The molecule has 3 saturated heterocycles. The van der Waals surface area contributed by atoms with Crippen LogP contribution < -0.4 is 54.5 Å². The van der Waals surface area contributed by atoms with Crippen LogP contribution in [0.15, 0.2) is 173 Å². The fourth-order valence-corrected chi connectivity index (χ4v) is 18.3. The van der Waals surface area contributed by atoms with E-state index < -0.39 is 65.1 Å². The number of amides is 3. The largest absolute Gasteiger partial charge is 0.493 e. The van der Waals surface area contributed by atoms with Gasteiger partial charge in [0.1, 0.15) is 44.6 Å². The summed E-state index contributed by atoms with van der Waals surface area (Å²) < 4.78 is 143. The molecule has 11 heterocycles. The highest BCUT2D eigenvalue weighted by Crippen LogP contribution is 2.50. The van der Waals surface area contributed by atoms with E-state index >= 15 is 0 Å². The number of alkyl halides is 3. The highest BCUT2D eigenvalue weighted by atomic mass is 32.2. The second kappa shape index (κ2) is 32.5. The van der Waals surface area contributed by atoms with Crippen molar-refractivity contribution in [1.29, 1.82) is 0 Å². The maximum absolute atomic E-state index is 13.5. The Balaban J connectivity index is 0.000000158. The second-order valence-corrected chi connectivity index (χ2v) is 37.1. The summed E-state index contributed by atoms with van der Waals surface area (Å²) in [5.74, 6) is 1.34. The molecule has 4 aliphatic heterocycles. The number of para-hydroxylation sites is 1. The molecule has 4 fully saturated rings. The fraction of sp³-hybridized carbons (Fsp3) is 0.400. The van der Waals surface area contributed by atoms with Gasteiger partial charge in [-0.1, -0.05) is 77.9 Å². The highest BCUT2D eigenvalue weighted by Gasteiger charge is 2.50. The van der Waals surface area contributed by atoms with Crippen LogP contribution in [0.5, 0.6) is 17.5 Å². The first-order valence-corrected chi connectivity index (χ1v) is 41.7. The fourth-order valence-electron chi connectivity index (χ4n) is 15.3. The number of ether oxygens (including phenoxy) is 3. The average molecular weight is 1620 g/mol. The molecule has 4 atom stereocenters. The Hall–Kier alpha value is -11.0. The van der Waals surface area contributed by atoms with Gasteiger partial charge < -0.3 is 40.4 Å². The number of halogens is 3. The third-order valence-corrected chi connectivity index (χ3v) is 24.4. The summed E-state index contributed by atoms with van der Waals surface area (Å²) in [6.45, 7) is 24.0. The van der Waals surface area contributed by atoms with Gasteiger partial charge in [-0.05, 0) is 186 Å². The van der Waals surface area contributed by atoms with Crippen molar-refractivity contribution in [1.82, 2.24) is 53.9 Å². The number of carbonyl (C=O) groups excluding carboxylic acids is 3. The number of nitrogens with zero attached hydrogens (tertiary/aromatic N) is 11. The number of aromatic nitrogens is 8. The third kappa shape index (κ3) is 18.8. The zero-order chi connectivity index (χ0) is 82.1. The van der Waals surface area contributed by atoms with E-state index in [1.165, 1.54) is 73.1 Å². The van der Waals surface area contributed by atoms with Gasteiger partial charge in [-0.15, -0.1) is 5.10 Å². The van der Waals surface area contributed by atoms with Crippen LogP contribution in [0, 0.1) is 29.1 Å². The van der Waals surface area contributed by atoms with E-state index in [-0.39, 0.29) is 94.4 Å². The number of fused-ring (bicyclic) bond motifs is 1. The lowest BCUT2D eigenvalue weighted by Crippen LogP contribution is -2.50. The molecule has 114 heavy (non-hydrogen) atoms. The van der Waals surface area contributed by atoms with Gasteiger partial charge in [0.2, 0.25) is 11.8 Å². The lowest BCUT2D eigenvalue weighted by atomic mass is 9.73. The molecule has 7 N–H and O–H groups in total. The molecule has 3 unspecified atom stereocenters. The summed E-state index contributed by atoms with van der Waals surface area (Å²) >= 11 is 0. The van der Waals surface area contributed by atoms with Crippen LogP contribution in [0.25, 0.3) is 17.1 Å². The Morgan fingerprint density at radius 2 is 1.13 bits per heavy atom. The SMILES string of the molecule is CC1CN(c2nc(-n3ccc(OCC(C)(C)C)n3)ccc2C(=O)NS(=O)(=O)c2cccnc2N)C2(CCC2)C1.CC1CN(c2ncccc2C(=O)NS(=O)(=O)c2cccc(OCC3COc4ccccc4C3)n2)C(C)(C)C1.C[C@@H]1CN(c2nc(-c3cccc(C(F)(F)F)c3)ccc2C(=O)NS(=O)(=O)c2cccnc2N)C(C)(C)C1. The predicted molar refractivity (Wildman–Crippen MR) is 423 cm³/mol. The monoisotopic (exact) mass is 1620 g/mol. The smallest absolute Gasteiger partial charge is 0.416 e. The van der Waals surface area contributed by atoms with Gasteiger partial charge in [0.15, 0.2) is 10.8 Å². The number of hydrogen-bond donors (Lipinski definition) is 5. The minimum atomic E-state index is -4.53. The second-order valence-electron chi connectivity index (χ2n) is 32.2. The Morgan fingerprint density at radius 3 is 1.72 bits per heavy atom. The number of anilines is 5. The van der Waals surface area contributed by atoms with E-state index in [0.717, 1.165) is 81.5 Å². The molecule has 14 rings (SSSR count). The van der Waals surface area contributed by atoms with Gasteiger partial charge >= 0.3 is 6.18 Å². The van der Waals surface area contributed by atoms with Crippen molar-refractivity contribution in [3.8, 4) is 34.6 Å². The van der Waals surface area contributed by atoms with Crippen molar-refractivity contribution in [2.24, 2.45) is 29.1 Å². The Kier molecular flexibility index (Phi) is 23.5. The quantitative estimate of drug-likeness (QED) is 0.0502. The normalized spacial score (nSPS) is 18.9. The molecule has 1 aliphatic carbocycles. The average Bonchev–Trinajstić information content (AvgIpc) is 1.63. The summed E-state index contributed by atoms with van der Waals surface area (Å²) in [6, 6.07) is 33.4. The highest BCUT2D eigenvalue weighted by molar-refractivity contribution is 7.90. The first-order chi connectivity index (χ1) is 53.7. The molecule has 1 spiro atoms. The van der Waals surface area contributed by atoms with Crippen molar-refractivity contribution in [3.63, 3.8) is 0 Å². The van der Waals surface area contributed by atoms with Crippen LogP contribution >= 0.6 is 0 Å². The van der Waals surface area contributed by atoms with Crippen molar-refractivity contribution in [2.45, 2.75) is 152 Å². The lowest BCUT2D eigenvalue weighted by Gasteiger charge is -2.47. The maximum atomic E-state index is 13.5. The molecule has 0 bridgehead atoms. The van der Waals surface area contributed by atoms with Crippen LogP contribution in [-0.4, -0.2) is 139 Å². The molecular weight excluding hydrogens is 1530 g/mol. The summed E-state index contributed by atoms with van der Waals surface area (Å²) in [7, 11) is -12.9. The molecule has 2 aromatic carbocycles. The molecule has 1 saturated carbocycles. The minimum Gasteiger partial charge on any atom is -0.493 e.